The summed E-state index contributed by atoms with van der Waals surface area (Å²) in [5.41, 5.74) is 4.22. The van der Waals surface area contributed by atoms with Crippen molar-refractivity contribution in [1.29, 1.82) is 0 Å². The normalized spacial score (nSPS) is 15.2. The fraction of sp³-hybridized carbons (Fsp3) is 0.368. The Morgan fingerprint density at radius 2 is 1.92 bits per heavy atom. The van der Waals surface area contributed by atoms with Crippen molar-refractivity contribution in [3.8, 4) is 0 Å². The Bertz CT molecular complexity index is 882. The number of fused-ring (bicyclic) bond motifs is 1. The molecule has 3 heterocycles. The predicted molar refractivity (Wildman–Crippen MR) is 99.6 cm³/mol. The number of likely N-dealkylation sites (tertiary alicyclic amines) is 1. The zero-order valence-corrected chi connectivity index (χ0v) is 14.6. The van der Waals surface area contributed by atoms with Crippen molar-refractivity contribution in [3.63, 3.8) is 0 Å². The Kier molecular flexibility index (Phi) is 4.88. The lowest BCUT2D eigenvalue weighted by Gasteiger charge is -2.25. The summed E-state index contributed by atoms with van der Waals surface area (Å²) in [6, 6.07) is 9.54. The minimum absolute atomic E-state index is 0.0709. The molecular formula is C19H22N6O. The molecule has 0 saturated carbocycles. The highest BCUT2D eigenvalue weighted by atomic mass is 16.1. The van der Waals surface area contributed by atoms with Crippen LogP contribution in [-0.4, -0.2) is 44.3 Å². The minimum Gasteiger partial charge on any atom is -0.324 e. The Hall–Kier alpha value is -2.80. The first-order valence-electron chi connectivity index (χ1n) is 9.03. The summed E-state index contributed by atoms with van der Waals surface area (Å²) >= 11 is 0. The molecule has 0 unspecified atom stereocenters. The van der Waals surface area contributed by atoms with Crippen molar-refractivity contribution in [2.24, 2.45) is 0 Å². The van der Waals surface area contributed by atoms with E-state index in [1.807, 2.05) is 30.3 Å². The largest absolute Gasteiger partial charge is 0.324 e. The van der Waals surface area contributed by atoms with Crippen molar-refractivity contribution >= 4 is 22.6 Å². The third-order valence-corrected chi connectivity index (χ3v) is 4.69. The molecule has 1 aliphatic heterocycles. The average Bonchev–Trinajstić information content (AvgIpc) is 3.12. The number of anilines is 1. The highest BCUT2D eigenvalue weighted by molar-refractivity contribution is 5.92. The number of piperidine rings is 1. The van der Waals surface area contributed by atoms with Gasteiger partial charge in [0.2, 0.25) is 5.91 Å². The molecule has 4 rings (SSSR count). The van der Waals surface area contributed by atoms with Crippen LogP contribution < -0.4 is 5.32 Å². The van der Waals surface area contributed by atoms with Crippen LogP contribution in [0.2, 0.25) is 0 Å². The lowest BCUT2D eigenvalue weighted by molar-refractivity contribution is -0.115. The van der Waals surface area contributed by atoms with Crippen molar-refractivity contribution < 1.29 is 4.79 Å². The van der Waals surface area contributed by atoms with Gasteiger partial charge in [0.25, 0.3) is 0 Å². The third-order valence-electron chi connectivity index (χ3n) is 4.69. The van der Waals surface area contributed by atoms with E-state index in [0.717, 1.165) is 47.6 Å². The maximum atomic E-state index is 12.3. The first-order chi connectivity index (χ1) is 12.8. The molecule has 0 spiro atoms. The summed E-state index contributed by atoms with van der Waals surface area (Å²) in [7, 11) is 0. The Morgan fingerprint density at radius 1 is 1.08 bits per heavy atom. The molecule has 0 bridgehead atoms. The molecule has 0 atom stereocenters. The van der Waals surface area contributed by atoms with Gasteiger partial charge in [0.15, 0.2) is 0 Å². The molecule has 2 aromatic heterocycles. The van der Waals surface area contributed by atoms with E-state index in [9.17, 15) is 4.79 Å². The van der Waals surface area contributed by atoms with Crippen LogP contribution >= 0.6 is 0 Å². The highest BCUT2D eigenvalue weighted by Gasteiger charge is 2.11. The molecule has 3 aromatic rings. The minimum atomic E-state index is -0.0709. The maximum Gasteiger partial charge on any atom is 0.228 e. The highest BCUT2D eigenvalue weighted by Crippen LogP contribution is 2.14. The maximum absolute atomic E-state index is 12.3. The van der Waals surface area contributed by atoms with Crippen LogP contribution in [0.25, 0.3) is 11.0 Å². The van der Waals surface area contributed by atoms with E-state index in [0.29, 0.717) is 6.42 Å². The fourth-order valence-electron chi connectivity index (χ4n) is 3.32. The van der Waals surface area contributed by atoms with Gasteiger partial charge in [0.05, 0.1) is 24.0 Å². The standard InChI is InChI=1S/C19H22N6O/c26-19(11-14-4-7-17-18(10-14)23-24-22-17)21-15-5-6-16(20-12-15)13-25-8-2-1-3-9-25/h4-7,10,12H,1-3,8-9,11,13H2,(H,21,26)(H,22,23,24). The number of H-pyrrole nitrogens is 1. The molecule has 1 aliphatic rings. The lowest BCUT2D eigenvalue weighted by Crippen LogP contribution is -2.29. The summed E-state index contributed by atoms with van der Waals surface area (Å²) in [4.78, 5) is 19.2. The average molecular weight is 350 g/mol. The molecular weight excluding hydrogens is 328 g/mol. The van der Waals surface area contributed by atoms with Gasteiger partial charge in [-0.15, -0.1) is 0 Å². The number of pyridine rings is 1. The zero-order valence-electron chi connectivity index (χ0n) is 14.6. The molecule has 7 nitrogen and oxygen atoms in total. The van der Waals surface area contributed by atoms with E-state index < -0.39 is 0 Å². The van der Waals surface area contributed by atoms with Crippen LogP contribution in [0.3, 0.4) is 0 Å². The van der Waals surface area contributed by atoms with E-state index >= 15 is 0 Å². The molecule has 1 saturated heterocycles. The van der Waals surface area contributed by atoms with Gasteiger partial charge in [-0.1, -0.05) is 12.5 Å². The molecule has 2 N–H and O–H groups in total. The second-order valence-electron chi connectivity index (χ2n) is 6.75. The lowest BCUT2D eigenvalue weighted by atomic mass is 10.1. The quantitative estimate of drug-likeness (QED) is 0.738. The molecule has 1 aromatic carbocycles. The molecule has 134 valence electrons. The van der Waals surface area contributed by atoms with E-state index in [2.05, 4.69) is 30.6 Å². The monoisotopic (exact) mass is 350 g/mol. The zero-order chi connectivity index (χ0) is 17.8. The number of amides is 1. The number of hydrogen-bond acceptors (Lipinski definition) is 5. The number of benzene rings is 1. The van der Waals surface area contributed by atoms with Gasteiger partial charge in [0.1, 0.15) is 11.0 Å². The van der Waals surface area contributed by atoms with Crippen molar-refractivity contribution in [2.45, 2.75) is 32.2 Å². The SMILES string of the molecule is O=C(Cc1ccc2n[nH]nc2c1)Nc1ccc(CN2CCCCC2)nc1. The first kappa shape index (κ1) is 16.7. The van der Waals surface area contributed by atoms with Crippen LogP contribution in [0, 0.1) is 0 Å². The van der Waals surface area contributed by atoms with E-state index in [1.165, 1.54) is 19.3 Å². The Balaban J connectivity index is 1.33. The summed E-state index contributed by atoms with van der Waals surface area (Å²) in [6.07, 6.45) is 5.90. The molecule has 7 heteroatoms. The van der Waals surface area contributed by atoms with Gasteiger partial charge < -0.3 is 5.32 Å². The Morgan fingerprint density at radius 3 is 2.73 bits per heavy atom. The summed E-state index contributed by atoms with van der Waals surface area (Å²) < 4.78 is 0. The molecule has 1 fully saturated rings. The number of aromatic nitrogens is 4. The van der Waals surface area contributed by atoms with E-state index in [4.69, 9.17) is 0 Å². The molecule has 0 radical (unpaired) electrons. The summed E-state index contributed by atoms with van der Waals surface area (Å²) in [5, 5.41) is 13.5. The van der Waals surface area contributed by atoms with Gasteiger partial charge in [0, 0.05) is 6.54 Å². The number of nitrogens with zero attached hydrogens (tertiary/aromatic N) is 4. The number of rotatable bonds is 5. The first-order valence-corrected chi connectivity index (χ1v) is 9.03. The second kappa shape index (κ2) is 7.61. The fourth-order valence-corrected chi connectivity index (χ4v) is 3.32. The number of carbonyl (C=O) groups is 1. The molecule has 1 amide bonds. The van der Waals surface area contributed by atoms with Gasteiger partial charge in [-0.05, 0) is 55.8 Å². The molecule has 0 aliphatic carbocycles. The van der Waals surface area contributed by atoms with Gasteiger partial charge >= 0.3 is 0 Å². The van der Waals surface area contributed by atoms with Crippen LogP contribution in [0.15, 0.2) is 36.5 Å². The van der Waals surface area contributed by atoms with Gasteiger partial charge in [-0.25, -0.2) is 0 Å². The second-order valence-corrected chi connectivity index (χ2v) is 6.75. The van der Waals surface area contributed by atoms with Gasteiger partial charge in [-0.3, -0.25) is 14.7 Å². The Labute approximate surface area is 151 Å². The third kappa shape index (κ3) is 4.05. The number of hydrogen-bond donors (Lipinski definition) is 2. The number of aromatic amines is 1. The van der Waals surface area contributed by atoms with Gasteiger partial charge in [-0.2, -0.15) is 15.4 Å². The van der Waals surface area contributed by atoms with E-state index in [-0.39, 0.29) is 5.91 Å². The predicted octanol–water partition coefficient (Wildman–Crippen LogP) is 2.52. The summed E-state index contributed by atoms with van der Waals surface area (Å²) in [6.45, 7) is 3.18. The van der Waals surface area contributed by atoms with Crippen LogP contribution in [0.4, 0.5) is 5.69 Å². The smallest absolute Gasteiger partial charge is 0.228 e. The van der Waals surface area contributed by atoms with Crippen LogP contribution in [-0.2, 0) is 17.8 Å². The number of carbonyl (C=O) groups excluding carboxylic acids is 1. The van der Waals surface area contributed by atoms with Crippen molar-refractivity contribution in [3.05, 3.63) is 47.8 Å². The van der Waals surface area contributed by atoms with Crippen molar-refractivity contribution in [1.82, 2.24) is 25.3 Å². The van der Waals surface area contributed by atoms with E-state index in [1.54, 1.807) is 6.20 Å². The topological polar surface area (TPSA) is 86.8 Å². The summed E-state index contributed by atoms with van der Waals surface area (Å²) in [5.74, 6) is -0.0709. The molecule has 26 heavy (non-hydrogen) atoms. The van der Waals surface area contributed by atoms with Crippen LogP contribution in [0.5, 0.6) is 0 Å². The number of nitrogens with one attached hydrogen (secondary N) is 2. The van der Waals surface area contributed by atoms with Crippen molar-refractivity contribution in [2.75, 3.05) is 18.4 Å². The van der Waals surface area contributed by atoms with Crippen LogP contribution in [0.1, 0.15) is 30.5 Å².